The molecule has 1 aromatic heterocycles. The van der Waals surface area contributed by atoms with E-state index >= 15 is 0 Å². The lowest BCUT2D eigenvalue weighted by atomic mass is 10.1. The molecule has 0 aliphatic rings. The molecule has 0 bridgehead atoms. The predicted molar refractivity (Wildman–Crippen MR) is 122 cm³/mol. The van der Waals surface area contributed by atoms with Crippen molar-refractivity contribution < 1.29 is 33.8 Å². The number of carbonyl (C=O) groups is 4. The van der Waals surface area contributed by atoms with Gasteiger partial charge in [-0.2, -0.15) is 0 Å². The number of esters is 2. The summed E-state index contributed by atoms with van der Waals surface area (Å²) < 4.78 is 10.3. The number of nitrogens with zero attached hydrogens (tertiary/aromatic N) is 1. The molecule has 0 aliphatic heterocycles. The Hall–Kier alpha value is -3.95. The fourth-order valence-corrected chi connectivity index (χ4v) is 3.18. The third kappa shape index (κ3) is 6.09. The number of aromatic nitrogens is 1. The average molecular weight is 503 g/mol. The van der Waals surface area contributed by atoms with E-state index in [0.717, 1.165) is 0 Å². The number of rotatable bonds is 8. The molecule has 2 atom stereocenters. The van der Waals surface area contributed by atoms with E-state index in [1.165, 1.54) is 60.9 Å². The minimum Gasteiger partial charge on any atom is -0.478 e. The molecule has 0 aliphatic carbocycles. The van der Waals surface area contributed by atoms with E-state index in [-0.39, 0.29) is 26.9 Å². The van der Waals surface area contributed by atoms with Crippen molar-refractivity contribution in [2.75, 3.05) is 5.32 Å². The Morgan fingerprint density at radius 1 is 0.765 bits per heavy atom. The number of amides is 1. The van der Waals surface area contributed by atoms with Crippen LogP contribution < -0.4 is 5.32 Å². The van der Waals surface area contributed by atoms with Gasteiger partial charge in [0.15, 0.2) is 0 Å². The van der Waals surface area contributed by atoms with Gasteiger partial charge in [-0.05, 0) is 36.4 Å². The number of hydrogen-bond donors (Lipinski definition) is 2. The van der Waals surface area contributed by atoms with E-state index in [2.05, 4.69) is 10.3 Å². The van der Waals surface area contributed by atoms with Gasteiger partial charge in [0.05, 0.1) is 21.2 Å². The maximum atomic E-state index is 13.0. The van der Waals surface area contributed by atoms with Gasteiger partial charge in [0.2, 0.25) is 12.2 Å². The standard InChI is InChI=1S/C23H16Cl2N2O7/c24-16-7-3-1-5-14(16)22(31)33-18(20(28)27-13-9-11-26-12-10-13)19(21(29)30)34-23(32)15-6-2-4-8-17(15)25/h1-12,18-19H,(H,29,30)(H,26,27,28)/t18-,19-/m1/s1. The number of carbonyl (C=O) groups excluding carboxylic acids is 3. The molecule has 174 valence electrons. The normalized spacial score (nSPS) is 12.2. The Labute approximate surface area is 203 Å². The number of anilines is 1. The third-order valence-corrected chi connectivity index (χ3v) is 5.04. The van der Waals surface area contributed by atoms with Crippen LogP contribution in [0.25, 0.3) is 0 Å². The quantitative estimate of drug-likeness (QED) is 0.443. The van der Waals surface area contributed by atoms with Gasteiger partial charge < -0.3 is 19.9 Å². The molecule has 2 aromatic carbocycles. The van der Waals surface area contributed by atoms with Gasteiger partial charge in [-0.3, -0.25) is 9.78 Å². The summed E-state index contributed by atoms with van der Waals surface area (Å²) in [6.45, 7) is 0. The van der Waals surface area contributed by atoms with E-state index in [9.17, 15) is 24.3 Å². The van der Waals surface area contributed by atoms with Gasteiger partial charge in [0.25, 0.3) is 5.91 Å². The smallest absolute Gasteiger partial charge is 0.349 e. The van der Waals surface area contributed by atoms with Gasteiger partial charge in [0.1, 0.15) is 0 Å². The van der Waals surface area contributed by atoms with E-state index in [4.69, 9.17) is 32.7 Å². The molecule has 1 heterocycles. The molecule has 2 N–H and O–H groups in total. The van der Waals surface area contributed by atoms with Gasteiger partial charge >= 0.3 is 17.9 Å². The molecule has 3 rings (SSSR count). The zero-order valence-electron chi connectivity index (χ0n) is 17.2. The fraction of sp³-hybridized carbons (Fsp3) is 0.0870. The summed E-state index contributed by atoms with van der Waals surface area (Å²) >= 11 is 12.0. The van der Waals surface area contributed by atoms with Crippen LogP contribution in [0.2, 0.25) is 10.0 Å². The number of aliphatic carboxylic acids is 1. The van der Waals surface area contributed by atoms with Crippen molar-refractivity contribution in [1.29, 1.82) is 0 Å². The summed E-state index contributed by atoms with van der Waals surface area (Å²) in [6.07, 6.45) is -1.53. The molecule has 0 saturated heterocycles. The van der Waals surface area contributed by atoms with Gasteiger partial charge in [0, 0.05) is 18.1 Å². The second-order valence-electron chi connectivity index (χ2n) is 6.67. The Morgan fingerprint density at radius 3 is 1.71 bits per heavy atom. The van der Waals surface area contributed by atoms with Crippen molar-refractivity contribution in [3.8, 4) is 0 Å². The van der Waals surface area contributed by atoms with Gasteiger partial charge in [-0.25, -0.2) is 14.4 Å². The molecule has 11 heteroatoms. The zero-order chi connectivity index (χ0) is 24.7. The zero-order valence-corrected chi connectivity index (χ0v) is 18.7. The highest BCUT2D eigenvalue weighted by Gasteiger charge is 2.41. The van der Waals surface area contributed by atoms with Crippen molar-refractivity contribution in [2.45, 2.75) is 12.2 Å². The second kappa shape index (κ2) is 11.3. The summed E-state index contributed by atoms with van der Waals surface area (Å²) in [5.41, 5.74) is -0.0195. The summed E-state index contributed by atoms with van der Waals surface area (Å²) in [4.78, 5) is 54.1. The van der Waals surface area contributed by atoms with Crippen molar-refractivity contribution in [3.63, 3.8) is 0 Å². The molecule has 0 unspecified atom stereocenters. The van der Waals surface area contributed by atoms with Gasteiger partial charge in [-0.1, -0.05) is 47.5 Å². The number of ether oxygens (including phenoxy) is 2. The summed E-state index contributed by atoms with van der Waals surface area (Å²) in [5.74, 6) is -5.03. The Bertz CT molecular complexity index is 1220. The van der Waals surface area contributed by atoms with Crippen molar-refractivity contribution >= 4 is 52.7 Å². The number of halogens is 2. The largest absolute Gasteiger partial charge is 0.478 e. The van der Waals surface area contributed by atoms with Crippen molar-refractivity contribution in [3.05, 3.63) is 94.2 Å². The molecular weight excluding hydrogens is 487 g/mol. The lowest BCUT2D eigenvalue weighted by Gasteiger charge is -2.24. The minimum atomic E-state index is -2.21. The van der Waals surface area contributed by atoms with Crippen LogP contribution in [-0.2, 0) is 19.1 Å². The lowest BCUT2D eigenvalue weighted by Crippen LogP contribution is -2.48. The first-order valence-corrected chi connectivity index (χ1v) is 10.4. The molecular formula is C23H16Cl2N2O7. The second-order valence-corrected chi connectivity index (χ2v) is 7.49. The van der Waals surface area contributed by atoms with Crippen LogP contribution in [0, 0.1) is 0 Å². The maximum Gasteiger partial charge on any atom is 0.349 e. The number of hydrogen-bond acceptors (Lipinski definition) is 7. The number of nitrogens with one attached hydrogen (secondary N) is 1. The molecule has 1 amide bonds. The predicted octanol–water partition coefficient (Wildman–Crippen LogP) is 3.86. The number of carboxylic acids is 1. The molecule has 34 heavy (non-hydrogen) atoms. The highest BCUT2D eigenvalue weighted by molar-refractivity contribution is 6.34. The van der Waals surface area contributed by atoms with Crippen molar-refractivity contribution in [2.24, 2.45) is 0 Å². The third-order valence-electron chi connectivity index (χ3n) is 4.38. The molecule has 0 saturated carbocycles. The van der Waals surface area contributed by atoms with Gasteiger partial charge in [-0.15, -0.1) is 0 Å². The molecule has 0 spiro atoms. The Kier molecular flexibility index (Phi) is 8.18. The van der Waals surface area contributed by atoms with Crippen LogP contribution in [0.15, 0.2) is 73.1 Å². The van der Waals surface area contributed by atoms with Crippen LogP contribution in [0.4, 0.5) is 5.69 Å². The van der Waals surface area contributed by atoms with E-state index in [0.29, 0.717) is 0 Å². The number of benzene rings is 2. The maximum absolute atomic E-state index is 13.0. The number of pyridine rings is 1. The van der Waals surface area contributed by atoms with E-state index in [1.54, 1.807) is 12.1 Å². The Balaban J connectivity index is 1.93. The van der Waals surface area contributed by atoms with Crippen molar-refractivity contribution in [1.82, 2.24) is 4.98 Å². The molecule has 3 aromatic rings. The highest BCUT2D eigenvalue weighted by atomic mass is 35.5. The topological polar surface area (TPSA) is 132 Å². The first kappa shape index (κ1) is 24.7. The first-order chi connectivity index (χ1) is 16.3. The summed E-state index contributed by atoms with van der Waals surface area (Å²) in [5, 5.41) is 12.2. The van der Waals surface area contributed by atoms with Crippen LogP contribution in [0.5, 0.6) is 0 Å². The minimum absolute atomic E-state index is 0.00230. The lowest BCUT2D eigenvalue weighted by molar-refractivity contribution is -0.157. The fourth-order valence-electron chi connectivity index (χ4n) is 2.75. The summed E-state index contributed by atoms with van der Waals surface area (Å²) in [7, 11) is 0. The Morgan fingerprint density at radius 2 is 1.24 bits per heavy atom. The average Bonchev–Trinajstić information content (AvgIpc) is 2.82. The first-order valence-electron chi connectivity index (χ1n) is 9.62. The molecule has 0 radical (unpaired) electrons. The number of carboxylic acid groups (broad SMARTS) is 1. The molecule has 9 nitrogen and oxygen atoms in total. The van der Waals surface area contributed by atoms with Crippen LogP contribution in [0.1, 0.15) is 20.7 Å². The summed E-state index contributed by atoms with van der Waals surface area (Å²) in [6, 6.07) is 14.4. The van der Waals surface area contributed by atoms with E-state index in [1.807, 2.05) is 0 Å². The van der Waals surface area contributed by atoms with Crippen LogP contribution in [-0.4, -0.2) is 46.1 Å². The monoisotopic (exact) mass is 502 g/mol. The van der Waals surface area contributed by atoms with Crippen LogP contribution in [0.3, 0.4) is 0 Å². The SMILES string of the molecule is O=C(O[C@@H](C(=O)O)[C@@H](OC(=O)c1ccccc1Cl)C(=O)Nc1ccncc1)c1ccccc1Cl. The molecule has 0 fully saturated rings. The van der Waals surface area contributed by atoms with Crippen LogP contribution >= 0.6 is 23.2 Å². The highest BCUT2D eigenvalue weighted by Crippen LogP contribution is 2.21. The van der Waals surface area contributed by atoms with E-state index < -0.39 is 36.0 Å².